The van der Waals surface area contributed by atoms with Crippen LogP contribution in [-0.2, 0) is 4.79 Å². The number of hydrogen-bond acceptors (Lipinski definition) is 1. The molecule has 1 atom stereocenters. The number of rotatable bonds is 1. The largest absolute Gasteiger partial charge is 0.409 e. The molecule has 1 fully saturated rings. The Morgan fingerprint density at radius 1 is 1.05 bits per heavy atom. The second kappa shape index (κ2) is 4.51. The number of halogens is 3. The number of hydrogen-bond donors (Lipinski definition) is 0. The lowest BCUT2D eigenvalue weighted by Gasteiger charge is -2.27. The van der Waals surface area contributed by atoms with Crippen LogP contribution in [0.4, 0.5) is 18.9 Å². The van der Waals surface area contributed by atoms with E-state index in [1.54, 1.807) is 24.3 Å². The van der Waals surface area contributed by atoms with Gasteiger partial charge in [0.2, 0.25) is 5.91 Å². The molecule has 5 heteroatoms. The monoisotopic (exact) mass is 279 g/mol. The number of carbonyl (C=O) groups excluding carboxylic acids is 1. The highest BCUT2D eigenvalue weighted by molar-refractivity contribution is 6.05. The number of anilines is 1. The number of benzene rings is 2. The first-order valence-corrected chi connectivity index (χ1v) is 6.35. The van der Waals surface area contributed by atoms with Crippen molar-refractivity contribution < 1.29 is 18.0 Å². The van der Waals surface area contributed by atoms with Crippen LogP contribution in [0.15, 0.2) is 42.5 Å². The molecule has 104 valence electrons. The maximum atomic E-state index is 13.1. The van der Waals surface area contributed by atoms with Gasteiger partial charge < -0.3 is 0 Å². The molecular weight excluding hydrogens is 267 g/mol. The molecule has 0 spiro atoms. The zero-order valence-electron chi connectivity index (χ0n) is 10.5. The summed E-state index contributed by atoms with van der Waals surface area (Å²) in [4.78, 5) is 12.8. The molecule has 0 N–H and O–H groups in total. The van der Waals surface area contributed by atoms with Gasteiger partial charge in [0.25, 0.3) is 0 Å². The SMILES string of the molecule is O=C1CC[C@@H](C(F)(F)F)N1c1cccc2ccccc12. The smallest absolute Gasteiger partial charge is 0.300 e. The van der Waals surface area contributed by atoms with Crippen molar-refractivity contribution >= 4 is 22.4 Å². The molecule has 1 aliphatic heterocycles. The van der Waals surface area contributed by atoms with E-state index in [9.17, 15) is 18.0 Å². The molecule has 0 bridgehead atoms. The van der Waals surface area contributed by atoms with E-state index in [4.69, 9.17) is 0 Å². The minimum Gasteiger partial charge on any atom is -0.300 e. The van der Waals surface area contributed by atoms with E-state index in [1.807, 2.05) is 18.2 Å². The van der Waals surface area contributed by atoms with E-state index in [2.05, 4.69) is 0 Å². The molecule has 1 amide bonds. The third kappa shape index (κ3) is 2.03. The van der Waals surface area contributed by atoms with Crippen LogP contribution in [0.5, 0.6) is 0 Å². The van der Waals surface area contributed by atoms with Gasteiger partial charge in [0, 0.05) is 11.8 Å². The Morgan fingerprint density at radius 2 is 1.75 bits per heavy atom. The summed E-state index contributed by atoms with van der Waals surface area (Å²) in [7, 11) is 0. The van der Waals surface area contributed by atoms with E-state index in [0.29, 0.717) is 11.1 Å². The maximum Gasteiger partial charge on any atom is 0.409 e. The molecule has 1 aliphatic rings. The second-order valence-electron chi connectivity index (χ2n) is 4.86. The van der Waals surface area contributed by atoms with Crippen LogP contribution in [0.1, 0.15) is 12.8 Å². The van der Waals surface area contributed by atoms with Crippen molar-refractivity contribution in [3.8, 4) is 0 Å². The van der Waals surface area contributed by atoms with Gasteiger partial charge in [-0.15, -0.1) is 0 Å². The van der Waals surface area contributed by atoms with Gasteiger partial charge in [-0.25, -0.2) is 0 Å². The Labute approximate surface area is 113 Å². The zero-order chi connectivity index (χ0) is 14.3. The van der Waals surface area contributed by atoms with Crippen molar-refractivity contribution in [3.63, 3.8) is 0 Å². The highest BCUT2D eigenvalue weighted by Crippen LogP contribution is 2.39. The molecule has 0 saturated carbocycles. The molecule has 1 saturated heterocycles. The van der Waals surface area contributed by atoms with Crippen LogP contribution in [0.25, 0.3) is 10.8 Å². The van der Waals surface area contributed by atoms with Gasteiger partial charge in [-0.2, -0.15) is 13.2 Å². The fourth-order valence-electron chi connectivity index (χ4n) is 2.71. The summed E-state index contributed by atoms with van der Waals surface area (Å²) in [6.07, 6.45) is -4.64. The molecular formula is C15H12F3NO. The molecule has 0 aromatic heterocycles. The number of nitrogens with zero attached hydrogens (tertiary/aromatic N) is 1. The fourth-order valence-corrected chi connectivity index (χ4v) is 2.71. The molecule has 0 radical (unpaired) electrons. The van der Waals surface area contributed by atoms with Crippen LogP contribution in [0.2, 0.25) is 0 Å². The van der Waals surface area contributed by atoms with Crippen molar-refractivity contribution in [3.05, 3.63) is 42.5 Å². The minimum absolute atomic E-state index is 0.0621. The van der Waals surface area contributed by atoms with Gasteiger partial charge in [0.15, 0.2) is 0 Å². The van der Waals surface area contributed by atoms with E-state index in [-0.39, 0.29) is 12.8 Å². The summed E-state index contributed by atoms with van der Waals surface area (Å²) in [5, 5.41) is 1.49. The Kier molecular flexibility index (Phi) is 2.92. The Balaban J connectivity index is 2.16. The number of fused-ring (bicyclic) bond motifs is 1. The van der Waals surface area contributed by atoms with E-state index in [0.717, 1.165) is 10.3 Å². The van der Waals surface area contributed by atoms with Gasteiger partial charge in [-0.3, -0.25) is 9.69 Å². The molecule has 2 nitrogen and oxygen atoms in total. The molecule has 0 aliphatic carbocycles. The molecule has 2 aromatic carbocycles. The lowest BCUT2D eigenvalue weighted by molar-refractivity contribution is -0.148. The Hall–Kier alpha value is -2.04. The minimum atomic E-state index is -4.40. The van der Waals surface area contributed by atoms with E-state index < -0.39 is 18.1 Å². The summed E-state index contributed by atoms with van der Waals surface area (Å²) >= 11 is 0. The molecule has 0 unspecified atom stereocenters. The van der Waals surface area contributed by atoms with Gasteiger partial charge in [-0.05, 0) is 17.9 Å². The summed E-state index contributed by atoms with van der Waals surface area (Å²) in [5.41, 5.74) is 0.341. The predicted molar refractivity (Wildman–Crippen MR) is 70.5 cm³/mol. The summed E-state index contributed by atoms with van der Waals surface area (Å²) < 4.78 is 39.2. The number of carbonyl (C=O) groups is 1. The molecule has 2 aromatic rings. The molecule has 20 heavy (non-hydrogen) atoms. The van der Waals surface area contributed by atoms with Gasteiger partial charge in [0.05, 0.1) is 5.69 Å². The number of alkyl halides is 3. The average molecular weight is 279 g/mol. The van der Waals surface area contributed by atoms with Crippen LogP contribution in [0.3, 0.4) is 0 Å². The zero-order valence-corrected chi connectivity index (χ0v) is 10.5. The first kappa shape index (κ1) is 13.0. The standard InChI is InChI=1S/C15H12F3NO/c16-15(17,18)13-8-9-14(20)19(13)12-7-3-5-10-4-1-2-6-11(10)12/h1-7,13H,8-9H2/t13-/m0/s1. The predicted octanol–water partition coefficient (Wildman–Crippen LogP) is 3.90. The topological polar surface area (TPSA) is 20.3 Å². The van der Waals surface area contributed by atoms with Gasteiger partial charge in [0.1, 0.15) is 6.04 Å². The molecule has 1 heterocycles. The van der Waals surface area contributed by atoms with Crippen LogP contribution in [-0.4, -0.2) is 18.1 Å². The first-order chi connectivity index (χ1) is 9.48. The quantitative estimate of drug-likeness (QED) is 0.775. The maximum absolute atomic E-state index is 13.1. The second-order valence-corrected chi connectivity index (χ2v) is 4.86. The van der Waals surface area contributed by atoms with Crippen molar-refractivity contribution in [2.24, 2.45) is 0 Å². The molecule has 3 rings (SSSR count). The summed E-state index contributed by atoms with van der Waals surface area (Å²) in [5.74, 6) is -0.469. The third-order valence-electron chi connectivity index (χ3n) is 3.62. The lowest BCUT2D eigenvalue weighted by Crippen LogP contribution is -2.43. The van der Waals surface area contributed by atoms with Gasteiger partial charge in [-0.1, -0.05) is 36.4 Å². The van der Waals surface area contributed by atoms with E-state index >= 15 is 0 Å². The fraction of sp³-hybridized carbons (Fsp3) is 0.267. The van der Waals surface area contributed by atoms with Crippen molar-refractivity contribution in [2.45, 2.75) is 25.1 Å². The van der Waals surface area contributed by atoms with Crippen LogP contribution >= 0.6 is 0 Å². The first-order valence-electron chi connectivity index (χ1n) is 6.35. The van der Waals surface area contributed by atoms with Crippen molar-refractivity contribution in [2.75, 3.05) is 4.90 Å². The van der Waals surface area contributed by atoms with E-state index in [1.165, 1.54) is 0 Å². The van der Waals surface area contributed by atoms with Crippen molar-refractivity contribution in [1.82, 2.24) is 0 Å². The van der Waals surface area contributed by atoms with Gasteiger partial charge >= 0.3 is 6.18 Å². The van der Waals surface area contributed by atoms with Crippen LogP contribution < -0.4 is 4.90 Å². The normalized spacial score (nSPS) is 19.9. The third-order valence-corrected chi connectivity index (χ3v) is 3.62. The summed E-state index contributed by atoms with van der Waals surface area (Å²) in [6, 6.07) is 10.5. The Morgan fingerprint density at radius 3 is 2.50 bits per heavy atom. The average Bonchev–Trinajstić information content (AvgIpc) is 2.80. The van der Waals surface area contributed by atoms with Crippen LogP contribution in [0, 0.1) is 0 Å². The highest BCUT2D eigenvalue weighted by atomic mass is 19.4. The summed E-state index contributed by atoms with van der Waals surface area (Å²) in [6.45, 7) is 0. The Bertz CT molecular complexity index is 660. The number of amides is 1. The lowest BCUT2D eigenvalue weighted by atomic mass is 10.1. The highest BCUT2D eigenvalue weighted by Gasteiger charge is 2.49. The van der Waals surface area contributed by atoms with Crippen molar-refractivity contribution in [1.29, 1.82) is 0 Å².